The van der Waals surface area contributed by atoms with Gasteiger partial charge in [-0.3, -0.25) is 10.1 Å². The fourth-order valence-corrected chi connectivity index (χ4v) is 2.29. The molecule has 21 heavy (non-hydrogen) atoms. The third kappa shape index (κ3) is 3.97. The largest absolute Gasteiger partial charge is 0.496 e. The topological polar surface area (TPSA) is 58.6 Å². The lowest BCUT2D eigenvalue weighted by Gasteiger charge is -2.16. The second-order valence-corrected chi connectivity index (χ2v) is 4.96. The van der Waals surface area contributed by atoms with Gasteiger partial charge in [0.2, 0.25) is 0 Å². The van der Waals surface area contributed by atoms with E-state index in [0.29, 0.717) is 17.1 Å². The minimum Gasteiger partial charge on any atom is -0.496 e. The molecule has 2 aromatic carbocycles. The van der Waals surface area contributed by atoms with E-state index in [9.17, 15) is 9.90 Å². The van der Waals surface area contributed by atoms with Crippen molar-refractivity contribution >= 4 is 17.6 Å². The van der Waals surface area contributed by atoms with Crippen LogP contribution in [0.1, 0.15) is 17.2 Å². The molecular weight excluding hydrogens is 290 g/mol. The number of aliphatic carboxylic acids is 1. The molecule has 0 spiro atoms. The maximum absolute atomic E-state index is 11.5. The summed E-state index contributed by atoms with van der Waals surface area (Å²) in [4.78, 5) is 11.5. The molecule has 4 nitrogen and oxygen atoms in total. The summed E-state index contributed by atoms with van der Waals surface area (Å²) in [5.74, 6) is -0.229. The number of carboxylic acids is 1. The molecule has 0 aliphatic carbocycles. The van der Waals surface area contributed by atoms with Gasteiger partial charge in [-0.05, 0) is 23.8 Å². The van der Waals surface area contributed by atoms with Crippen molar-refractivity contribution < 1.29 is 14.6 Å². The first kappa shape index (κ1) is 15.4. The first-order valence-electron chi connectivity index (χ1n) is 6.45. The Kier molecular flexibility index (Phi) is 5.20. The van der Waals surface area contributed by atoms with E-state index in [0.717, 1.165) is 11.3 Å². The van der Waals surface area contributed by atoms with E-state index in [2.05, 4.69) is 5.32 Å². The van der Waals surface area contributed by atoms with Crippen molar-refractivity contribution in [1.82, 2.24) is 5.32 Å². The van der Waals surface area contributed by atoms with Crippen molar-refractivity contribution in [3.05, 3.63) is 64.7 Å². The van der Waals surface area contributed by atoms with Gasteiger partial charge in [-0.1, -0.05) is 41.9 Å². The van der Waals surface area contributed by atoms with Crippen molar-refractivity contribution in [3.8, 4) is 5.75 Å². The van der Waals surface area contributed by atoms with Gasteiger partial charge in [0.15, 0.2) is 0 Å². The van der Waals surface area contributed by atoms with Crippen LogP contribution >= 0.6 is 11.6 Å². The van der Waals surface area contributed by atoms with Crippen LogP contribution < -0.4 is 10.1 Å². The summed E-state index contributed by atoms with van der Waals surface area (Å²) < 4.78 is 5.25. The average Bonchev–Trinajstić information content (AvgIpc) is 2.47. The zero-order valence-electron chi connectivity index (χ0n) is 11.5. The highest BCUT2D eigenvalue weighted by Gasteiger charge is 2.19. The van der Waals surface area contributed by atoms with Crippen molar-refractivity contribution in [1.29, 1.82) is 0 Å². The number of para-hydroxylation sites is 1. The van der Waals surface area contributed by atoms with Crippen LogP contribution in [0.25, 0.3) is 0 Å². The number of halogens is 1. The van der Waals surface area contributed by atoms with Crippen molar-refractivity contribution in [3.63, 3.8) is 0 Å². The Labute approximate surface area is 128 Å². The molecule has 1 atom stereocenters. The molecule has 1 unspecified atom stereocenters. The second kappa shape index (κ2) is 7.11. The first-order valence-corrected chi connectivity index (χ1v) is 6.83. The van der Waals surface area contributed by atoms with Crippen molar-refractivity contribution in [2.75, 3.05) is 7.11 Å². The number of hydrogen-bond donors (Lipinski definition) is 2. The molecule has 0 aliphatic rings. The van der Waals surface area contributed by atoms with Crippen LogP contribution in [-0.2, 0) is 11.3 Å². The predicted molar refractivity (Wildman–Crippen MR) is 81.7 cm³/mol. The SMILES string of the molecule is COc1ccccc1CNC(C(=O)O)c1cccc(Cl)c1. The zero-order chi connectivity index (χ0) is 15.2. The maximum Gasteiger partial charge on any atom is 0.325 e. The van der Waals surface area contributed by atoms with Gasteiger partial charge in [-0.25, -0.2) is 0 Å². The molecule has 0 bridgehead atoms. The summed E-state index contributed by atoms with van der Waals surface area (Å²) in [6.07, 6.45) is 0. The van der Waals surface area contributed by atoms with E-state index < -0.39 is 12.0 Å². The minimum atomic E-state index is -0.952. The highest BCUT2D eigenvalue weighted by Crippen LogP contribution is 2.21. The van der Waals surface area contributed by atoms with Crippen molar-refractivity contribution in [2.45, 2.75) is 12.6 Å². The van der Waals surface area contributed by atoms with E-state index in [4.69, 9.17) is 16.3 Å². The van der Waals surface area contributed by atoms with E-state index >= 15 is 0 Å². The van der Waals surface area contributed by atoms with Crippen LogP contribution in [0.3, 0.4) is 0 Å². The molecule has 2 N–H and O–H groups in total. The summed E-state index contributed by atoms with van der Waals surface area (Å²) >= 11 is 5.92. The van der Waals surface area contributed by atoms with Crippen LogP contribution in [-0.4, -0.2) is 18.2 Å². The Hall–Kier alpha value is -2.04. The van der Waals surface area contributed by atoms with E-state index in [1.165, 1.54) is 0 Å². The molecule has 0 fully saturated rings. The second-order valence-electron chi connectivity index (χ2n) is 4.52. The first-order chi connectivity index (χ1) is 10.1. The van der Waals surface area contributed by atoms with Gasteiger partial charge < -0.3 is 9.84 Å². The van der Waals surface area contributed by atoms with Crippen LogP contribution in [0.2, 0.25) is 5.02 Å². The molecule has 110 valence electrons. The van der Waals surface area contributed by atoms with Gasteiger partial charge in [0.25, 0.3) is 0 Å². The molecule has 0 saturated carbocycles. The number of nitrogens with one attached hydrogen (secondary N) is 1. The Balaban J connectivity index is 2.16. The predicted octanol–water partition coefficient (Wildman–Crippen LogP) is 3.26. The number of rotatable bonds is 6. The summed E-state index contributed by atoms with van der Waals surface area (Å²) in [6.45, 7) is 0.382. The summed E-state index contributed by atoms with van der Waals surface area (Å²) in [6, 6.07) is 13.5. The van der Waals surface area contributed by atoms with Crippen molar-refractivity contribution in [2.24, 2.45) is 0 Å². The molecule has 0 heterocycles. The molecule has 0 saturated heterocycles. The van der Waals surface area contributed by atoms with Gasteiger partial charge >= 0.3 is 5.97 Å². The van der Waals surface area contributed by atoms with Gasteiger partial charge in [0, 0.05) is 17.1 Å². The molecule has 0 radical (unpaired) electrons. The zero-order valence-corrected chi connectivity index (χ0v) is 12.3. The summed E-state index contributed by atoms with van der Waals surface area (Å²) in [5.41, 5.74) is 1.51. The molecular formula is C16H16ClNO3. The Morgan fingerprint density at radius 3 is 2.71 bits per heavy atom. The number of hydrogen-bond acceptors (Lipinski definition) is 3. The standard InChI is InChI=1S/C16H16ClNO3/c1-21-14-8-3-2-5-12(14)10-18-15(16(19)20)11-6-4-7-13(17)9-11/h2-9,15,18H,10H2,1H3,(H,19,20). The van der Waals surface area contributed by atoms with Crippen LogP contribution in [0.4, 0.5) is 0 Å². The molecule has 0 aromatic heterocycles. The smallest absolute Gasteiger partial charge is 0.325 e. The van der Waals surface area contributed by atoms with Gasteiger partial charge in [-0.15, -0.1) is 0 Å². The number of benzene rings is 2. The lowest BCUT2D eigenvalue weighted by molar-refractivity contribution is -0.139. The molecule has 2 rings (SSSR count). The quantitative estimate of drug-likeness (QED) is 0.860. The Morgan fingerprint density at radius 2 is 2.05 bits per heavy atom. The molecule has 0 amide bonds. The monoisotopic (exact) mass is 305 g/mol. The summed E-state index contributed by atoms with van der Waals surface area (Å²) in [5, 5.41) is 12.9. The normalized spacial score (nSPS) is 11.9. The number of carboxylic acid groups (broad SMARTS) is 1. The average molecular weight is 306 g/mol. The lowest BCUT2D eigenvalue weighted by Crippen LogP contribution is -2.28. The Bertz CT molecular complexity index is 630. The maximum atomic E-state index is 11.5. The van der Waals surface area contributed by atoms with E-state index in [1.54, 1.807) is 31.4 Å². The fraction of sp³-hybridized carbons (Fsp3) is 0.188. The van der Waals surface area contributed by atoms with E-state index in [-0.39, 0.29) is 0 Å². The number of carbonyl (C=O) groups is 1. The summed E-state index contributed by atoms with van der Waals surface area (Å²) in [7, 11) is 1.59. The minimum absolute atomic E-state index is 0.382. The molecule has 5 heteroatoms. The molecule has 2 aromatic rings. The fourth-order valence-electron chi connectivity index (χ4n) is 2.09. The Morgan fingerprint density at radius 1 is 1.29 bits per heavy atom. The van der Waals surface area contributed by atoms with E-state index in [1.807, 2.05) is 24.3 Å². The van der Waals surface area contributed by atoms with Gasteiger partial charge in [-0.2, -0.15) is 0 Å². The third-order valence-electron chi connectivity index (χ3n) is 3.12. The van der Waals surface area contributed by atoms with Crippen LogP contribution in [0.5, 0.6) is 5.75 Å². The van der Waals surface area contributed by atoms with Gasteiger partial charge in [0.1, 0.15) is 11.8 Å². The highest BCUT2D eigenvalue weighted by atomic mass is 35.5. The third-order valence-corrected chi connectivity index (χ3v) is 3.35. The van der Waals surface area contributed by atoms with Crippen LogP contribution in [0.15, 0.2) is 48.5 Å². The number of methoxy groups -OCH3 is 1. The molecule has 0 aliphatic heterocycles. The highest BCUT2D eigenvalue weighted by molar-refractivity contribution is 6.30. The van der Waals surface area contributed by atoms with Crippen LogP contribution in [0, 0.1) is 0 Å². The number of ether oxygens (including phenoxy) is 1. The van der Waals surface area contributed by atoms with Gasteiger partial charge in [0.05, 0.1) is 7.11 Å². The lowest BCUT2D eigenvalue weighted by atomic mass is 10.1.